The molecule has 0 radical (unpaired) electrons. The van der Waals surface area contributed by atoms with Gasteiger partial charge in [-0.05, 0) is 24.6 Å². The summed E-state index contributed by atoms with van der Waals surface area (Å²) < 4.78 is 18.3. The summed E-state index contributed by atoms with van der Waals surface area (Å²) in [6.45, 7) is 4.07. The minimum absolute atomic E-state index is 0.0504. The van der Waals surface area contributed by atoms with Gasteiger partial charge in [0.1, 0.15) is 5.82 Å². The van der Waals surface area contributed by atoms with Crippen molar-refractivity contribution in [3.05, 3.63) is 35.6 Å². The molecular formula is C14H19FN2O2. The van der Waals surface area contributed by atoms with E-state index in [1.54, 1.807) is 12.1 Å². The van der Waals surface area contributed by atoms with Crippen molar-refractivity contribution in [3.8, 4) is 0 Å². The molecule has 1 aliphatic heterocycles. The van der Waals surface area contributed by atoms with Gasteiger partial charge in [-0.2, -0.15) is 0 Å². The lowest BCUT2D eigenvalue weighted by molar-refractivity contribution is -0.125. The molecule has 0 spiro atoms. The van der Waals surface area contributed by atoms with Gasteiger partial charge in [0.25, 0.3) is 0 Å². The second kappa shape index (κ2) is 6.63. The summed E-state index contributed by atoms with van der Waals surface area (Å²) in [5, 5.41) is 6.08. The van der Waals surface area contributed by atoms with E-state index >= 15 is 0 Å². The highest BCUT2D eigenvalue weighted by Crippen LogP contribution is 2.13. The van der Waals surface area contributed by atoms with Crippen molar-refractivity contribution < 1.29 is 13.9 Å². The van der Waals surface area contributed by atoms with Crippen molar-refractivity contribution in [1.82, 2.24) is 10.6 Å². The van der Waals surface area contributed by atoms with Crippen molar-refractivity contribution in [2.75, 3.05) is 19.7 Å². The molecule has 1 saturated heterocycles. The molecule has 1 heterocycles. The SMILES string of the molecule is C[C@H](NC(=O)CC1CNCCO1)c1ccc(F)cc1. The van der Waals surface area contributed by atoms with E-state index in [0.29, 0.717) is 19.6 Å². The fourth-order valence-electron chi connectivity index (χ4n) is 2.09. The zero-order chi connectivity index (χ0) is 13.7. The Morgan fingerprint density at radius 2 is 2.26 bits per heavy atom. The molecule has 1 unspecified atom stereocenters. The summed E-state index contributed by atoms with van der Waals surface area (Å²) in [4.78, 5) is 11.9. The number of carbonyl (C=O) groups is 1. The van der Waals surface area contributed by atoms with Crippen molar-refractivity contribution in [3.63, 3.8) is 0 Å². The molecule has 5 heteroatoms. The van der Waals surface area contributed by atoms with Gasteiger partial charge < -0.3 is 15.4 Å². The number of benzene rings is 1. The normalized spacial score (nSPS) is 20.8. The monoisotopic (exact) mass is 266 g/mol. The molecule has 2 N–H and O–H groups in total. The predicted molar refractivity (Wildman–Crippen MR) is 70.2 cm³/mol. The maximum Gasteiger partial charge on any atom is 0.223 e. The number of amides is 1. The van der Waals surface area contributed by atoms with Gasteiger partial charge in [0.05, 0.1) is 25.2 Å². The van der Waals surface area contributed by atoms with Crippen LogP contribution in [0.15, 0.2) is 24.3 Å². The lowest BCUT2D eigenvalue weighted by Crippen LogP contribution is -2.41. The van der Waals surface area contributed by atoms with E-state index in [-0.39, 0.29) is 23.9 Å². The summed E-state index contributed by atoms with van der Waals surface area (Å²) in [5.41, 5.74) is 0.887. The Hall–Kier alpha value is -1.46. The van der Waals surface area contributed by atoms with E-state index in [9.17, 15) is 9.18 Å². The van der Waals surface area contributed by atoms with Crippen LogP contribution in [0.2, 0.25) is 0 Å². The third-order valence-electron chi connectivity index (χ3n) is 3.16. The van der Waals surface area contributed by atoms with E-state index in [4.69, 9.17) is 4.74 Å². The maximum atomic E-state index is 12.8. The second-order valence-electron chi connectivity index (χ2n) is 4.74. The molecule has 1 fully saturated rings. The van der Waals surface area contributed by atoms with Gasteiger partial charge in [-0.1, -0.05) is 12.1 Å². The molecule has 104 valence electrons. The first-order valence-corrected chi connectivity index (χ1v) is 6.52. The first-order chi connectivity index (χ1) is 9.15. The van der Waals surface area contributed by atoms with Crippen LogP contribution in [0, 0.1) is 5.82 Å². The Morgan fingerprint density at radius 1 is 1.53 bits per heavy atom. The zero-order valence-corrected chi connectivity index (χ0v) is 11.0. The number of hydrogen-bond acceptors (Lipinski definition) is 3. The van der Waals surface area contributed by atoms with Crippen LogP contribution in [-0.2, 0) is 9.53 Å². The van der Waals surface area contributed by atoms with Gasteiger partial charge >= 0.3 is 0 Å². The first kappa shape index (κ1) is 14.0. The van der Waals surface area contributed by atoms with Crippen LogP contribution in [0.1, 0.15) is 24.9 Å². The zero-order valence-electron chi connectivity index (χ0n) is 11.0. The molecule has 1 amide bonds. The summed E-state index contributed by atoms with van der Waals surface area (Å²) in [6.07, 6.45) is 0.285. The average Bonchev–Trinajstić information content (AvgIpc) is 2.40. The van der Waals surface area contributed by atoms with Crippen LogP contribution in [-0.4, -0.2) is 31.7 Å². The highest BCUT2D eigenvalue weighted by Gasteiger charge is 2.18. The molecule has 1 aromatic rings. The smallest absolute Gasteiger partial charge is 0.223 e. The summed E-state index contributed by atoms with van der Waals surface area (Å²) in [7, 11) is 0. The standard InChI is InChI=1S/C14H19FN2O2/c1-10(11-2-4-12(15)5-3-11)17-14(18)8-13-9-16-6-7-19-13/h2-5,10,13,16H,6-9H2,1H3,(H,17,18)/t10-,13?/m0/s1. The average molecular weight is 266 g/mol. The lowest BCUT2D eigenvalue weighted by atomic mass is 10.1. The summed E-state index contributed by atoms with van der Waals surface area (Å²) in [5.74, 6) is -0.325. The van der Waals surface area contributed by atoms with Gasteiger partial charge in [-0.25, -0.2) is 4.39 Å². The van der Waals surface area contributed by atoms with E-state index in [1.807, 2.05) is 6.92 Å². The number of morpholine rings is 1. The molecule has 2 rings (SSSR count). The fourth-order valence-corrected chi connectivity index (χ4v) is 2.09. The quantitative estimate of drug-likeness (QED) is 0.865. The van der Waals surface area contributed by atoms with Crippen LogP contribution in [0.25, 0.3) is 0 Å². The predicted octanol–water partition coefficient (Wildman–Crippen LogP) is 1.38. The largest absolute Gasteiger partial charge is 0.375 e. The molecule has 0 saturated carbocycles. The fraction of sp³-hybridized carbons (Fsp3) is 0.500. The van der Waals surface area contributed by atoms with Crippen LogP contribution >= 0.6 is 0 Å². The molecule has 4 nitrogen and oxygen atoms in total. The maximum absolute atomic E-state index is 12.8. The highest BCUT2D eigenvalue weighted by atomic mass is 19.1. The Morgan fingerprint density at radius 3 is 2.89 bits per heavy atom. The minimum Gasteiger partial charge on any atom is -0.375 e. The second-order valence-corrected chi connectivity index (χ2v) is 4.74. The van der Waals surface area contributed by atoms with Crippen molar-refractivity contribution >= 4 is 5.91 Å². The number of halogens is 1. The molecule has 1 aromatic carbocycles. The van der Waals surface area contributed by atoms with Gasteiger partial charge in [-0.15, -0.1) is 0 Å². The molecule has 0 aliphatic carbocycles. The van der Waals surface area contributed by atoms with E-state index in [1.165, 1.54) is 12.1 Å². The van der Waals surface area contributed by atoms with Crippen LogP contribution in [0.3, 0.4) is 0 Å². The van der Waals surface area contributed by atoms with Crippen molar-refractivity contribution in [2.24, 2.45) is 0 Å². The first-order valence-electron chi connectivity index (χ1n) is 6.52. The number of carbonyl (C=O) groups excluding carboxylic acids is 1. The molecule has 2 atom stereocenters. The molecule has 0 bridgehead atoms. The van der Waals surface area contributed by atoms with Crippen molar-refractivity contribution in [1.29, 1.82) is 0 Å². The Kier molecular flexibility index (Phi) is 4.87. The van der Waals surface area contributed by atoms with Crippen LogP contribution in [0.4, 0.5) is 4.39 Å². The van der Waals surface area contributed by atoms with Gasteiger partial charge in [0.15, 0.2) is 0 Å². The third-order valence-corrected chi connectivity index (χ3v) is 3.16. The van der Waals surface area contributed by atoms with Gasteiger partial charge in [0, 0.05) is 13.1 Å². The summed E-state index contributed by atoms with van der Waals surface area (Å²) in [6, 6.07) is 6.01. The van der Waals surface area contributed by atoms with Crippen molar-refractivity contribution in [2.45, 2.75) is 25.5 Å². The van der Waals surface area contributed by atoms with Crippen LogP contribution < -0.4 is 10.6 Å². The van der Waals surface area contributed by atoms with Gasteiger partial charge in [0.2, 0.25) is 5.91 Å². The molecule has 0 aromatic heterocycles. The highest BCUT2D eigenvalue weighted by molar-refractivity contribution is 5.77. The molecule has 19 heavy (non-hydrogen) atoms. The van der Waals surface area contributed by atoms with Crippen LogP contribution in [0.5, 0.6) is 0 Å². The Labute approximate surface area is 112 Å². The Balaban J connectivity index is 1.82. The number of rotatable bonds is 4. The van der Waals surface area contributed by atoms with E-state index < -0.39 is 0 Å². The number of ether oxygens (including phenoxy) is 1. The lowest BCUT2D eigenvalue weighted by Gasteiger charge is -2.24. The topological polar surface area (TPSA) is 50.4 Å². The summed E-state index contributed by atoms with van der Waals surface area (Å²) >= 11 is 0. The number of nitrogens with one attached hydrogen (secondary N) is 2. The van der Waals surface area contributed by atoms with Gasteiger partial charge in [-0.3, -0.25) is 4.79 Å². The van der Waals surface area contributed by atoms with E-state index in [2.05, 4.69) is 10.6 Å². The Bertz CT molecular complexity index is 416. The molecule has 1 aliphatic rings. The van der Waals surface area contributed by atoms with E-state index in [0.717, 1.165) is 12.1 Å². The molecular weight excluding hydrogens is 247 g/mol. The minimum atomic E-state index is -0.274. The third kappa shape index (κ3) is 4.29. The number of hydrogen-bond donors (Lipinski definition) is 2.